The third-order valence-corrected chi connectivity index (χ3v) is 3.94. The van der Waals surface area contributed by atoms with E-state index < -0.39 is 0 Å². The van der Waals surface area contributed by atoms with Gasteiger partial charge in [0.2, 0.25) is 0 Å². The molecule has 0 atom stereocenters. The van der Waals surface area contributed by atoms with Crippen LogP contribution in [0.15, 0.2) is 35.1 Å². The third kappa shape index (κ3) is 3.62. The fourth-order valence-corrected chi connectivity index (χ4v) is 2.46. The molecular formula is C14H19BrN6. The van der Waals surface area contributed by atoms with Crippen molar-refractivity contribution in [2.75, 3.05) is 28.7 Å². The van der Waals surface area contributed by atoms with Crippen LogP contribution in [0, 0.1) is 0 Å². The molecule has 4 N–H and O–H groups in total. The minimum absolute atomic E-state index is 0.535. The Bertz CT molecular complexity index is 583. The smallest absolute Gasteiger partial charge is 0.159 e. The summed E-state index contributed by atoms with van der Waals surface area (Å²) in [5.74, 6) is 6.59. The average Bonchev–Trinajstić information content (AvgIpc) is 2.52. The highest BCUT2D eigenvalue weighted by atomic mass is 79.9. The van der Waals surface area contributed by atoms with Crippen LogP contribution in [-0.2, 0) is 0 Å². The van der Waals surface area contributed by atoms with Crippen LogP contribution in [-0.4, -0.2) is 23.1 Å². The first-order valence-corrected chi connectivity index (χ1v) is 7.58. The molecule has 0 radical (unpaired) electrons. The molecule has 0 unspecified atom stereocenters. The Morgan fingerprint density at radius 2 is 1.71 bits per heavy atom. The van der Waals surface area contributed by atoms with Gasteiger partial charge in [-0.2, -0.15) is 0 Å². The summed E-state index contributed by atoms with van der Waals surface area (Å²) in [7, 11) is 0. The van der Waals surface area contributed by atoms with Crippen LogP contribution in [0.25, 0.3) is 0 Å². The fraction of sp³-hybridized carbons (Fsp3) is 0.286. The van der Waals surface area contributed by atoms with E-state index in [0.29, 0.717) is 16.1 Å². The molecular weight excluding hydrogens is 332 g/mol. The Labute approximate surface area is 132 Å². The molecule has 0 amide bonds. The van der Waals surface area contributed by atoms with Crippen molar-refractivity contribution in [1.82, 2.24) is 9.97 Å². The highest BCUT2D eigenvalue weighted by Crippen LogP contribution is 2.29. The number of rotatable bonds is 6. The zero-order valence-corrected chi connectivity index (χ0v) is 13.7. The van der Waals surface area contributed by atoms with Gasteiger partial charge < -0.3 is 15.6 Å². The lowest BCUT2D eigenvalue weighted by atomic mass is 10.2. The molecule has 2 rings (SSSR count). The molecule has 0 saturated carbocycles. The number of hydrogen-bond acceptors (Lipinski definition) is 6. The third-order valence-electron chi connectivity index (χ3n) is 3.18. The van der Waals surface area contributed by atoms with E-state index in [1.165, 1.54) is 12.0 Å². The Morgan fingerprint density at radius 1 is 1.10 bits per heavy atom. The first-order chi connectivity index (χ1) is 10.2. The molecule has 0 aliphatic rings. The van der Waals surface area contributed by atoms with Crippen LogP contribution in [0.2, 0.25) is 0 Å². The van der Waals surface area contributed by atoms with Crippen molar-refractivity contribution in [1.29, 1.82) is 0 Å². The normalized spacial score (nSPS) is 10.3. The van der Waals surface area contributed by atoms with Gasteiger partial charge in [-0.1, -0.05) is 0 Å². The van der Waals surface area contributed by atoms with Crippen LogP contribution in [0.3, 0.4) is 0 Å². The molecule has 0 saturated heterocycles. The van der Waals surface area contributed by atoms with E-state index in [4.69, 9.17) is 5.84 Å². The van der Waals surface area contributed by atoms with Gasteiger partial charge in [0, 0.05) is 24.5 Å². The zero-order valence-electron chi connectivity index (χ0n) is 12.1. The molecule has 1 aromatic heterocycles. The summed E-state index contributed by atoms with van der Waals surface area (Å²) < 4.78 is 0.695. The lowest BCUT2D eigenvalue weighted by molar-refractivity contribution is 0.866. The summed E-state index contributed by atoms with van der Waals surface area (Å²) in [6.07, 6.45) is 1.45. The molecule has 0 aliphatic carbocycles. The predicted octanol–water partition coefficient (Wildman–Crippen LogP) is 3.11. The van der Waals surface area contributed by atoms with E-state index in [1.807, 2.05) is 12.1 Å². The second-order valence-electron chi connectivity index (χ2n) is 4.37. The Kier molecular flexibility index (Phi) is 5.35. The number of nitrogens with zero attached hydrogens (tertiary/aromatic N) is 3. The molecule has 0 spiro atoms. The standard InChI is InChI=1S/C14H19BrN6/c1-3-21(4-2)11-7-5-10(6-8-11)19-13-12(15)14(20-16)18-9-17-13/h5-9H,3-4,16H2,1-2H3,(H2,17,18,19,20). The Morgan fingerprint density at radius 3 is 2.29 bits per heavy atom. The largest absolute Gasteiger partial charge is 0.372 e. The van der Waals surface area contributed by atoms with Crippen LogP contribution in [0.1, 0.15) is 13.8 Å². The van der Waals surface area contributed by atoms with Gasteiger partial charge >= 0.3 is 0 Å². The van der Waals surface area contributed by atoms with Crippen LogP contribution in [0.4, 0.5) is 23.0 Å². The van der Waals surface area contributed by atoms with Crippen molar-refractivity contribution in [2.45, 2.75) is 13.8 Å². The maximum Gasteiger partial charge on any atom is 0.159 e. The molecule has 1 heterocycles. The lowest BCUT2D eigenvalue weighted by Gasteiger charge is -2.21. The maximum atomic E-state index is 5.39. The van der Waals surface area contributed by atoms with E-state index in [0.717, 1.165) is 18.8 Å². The van der Waals surface area contributed by atoms with Crippen molar-refractivity contribution in [3.8, 4) is 0 Å². The Hall–Kier alpha value is -1.86. The summed E-state index contributed by atoms with van der Waals surface area (Å²) >= 11 is 3.42. The van der Waals surface area contributed by atoms with Crippen LogP contribution < -0.4 is 21.5 Å². The highest BCUT2D eigenvalue weighted by molar-refractivity contribution is 9.10. The first-order valence-electron chi connectivity index (χ1n) is 6.78. The number of benzene rings is 1. The fourth-order valence-electron chi connectivity index (χ4n) is 2.04. The lowest BCUT2D eigenvalue weighted by Crippen LogP contribution is -2.21. The van der Waals surface area contributed by atoms with E-state index in [-0.39, 0.29) is 0 Å². The van der Waals surface area contributed by atoms with Gasteiger partial charge in [0.05, 0.1) is 0 Å². The van der Waals surface area contributed by atoms with Gasteiger partial charge in [-0.3, -0.25) is 0 Å². The topological polar surface area (TPSA) is 79.1 Å². The van der Waals surface area contributed by atoms with Gasteiger partial charge in [-0.25, -0.2) is 15.8 Å². The minimum Gasteiger partial charge on any atom is -0.372 e. The molecule has 2 aromatic rings. The predicted molar refractivity (Wildman–Crippen MR) is 90.8 cm³/mol. The highest BCUT2D eigenvalue weighted by Gasteiger charge is 2.08. The van der Waals surface area contributed by atoms with E-state index in [9.17, 15) is 0 Å². The molecule has 0 fully saturated rings. The number of nitrogens with one attached hydrogen (secondary N) is 2. The second-order valence-corrected chi connectivity index (χ2v) is 5.17. The number of nitrogens with two attached hydrogens (primary N) is 1. The van der Waals surface area contributed by atoms with Gasteiger partial charge in [0.15, 0.2) is 5.82 Å². The number of nitrogen functional groups attached to an aromatic ring is 1. The van der Waals surface area contributed by atoms with Crippen molar-refractivity contribution in [2.24, 2.45) is 5.84 Å². The Balaban J connectivity index is 2.17. The first kappa shape index (κ1) is 15.5. The molecule has 0 bridgehead atoms. The molecule has 21 heavy (non-hydrogen) atoms. The number of aromatic nitrogens is 2. The average molecular weight is 351 g/mol. The van der Waals surface area contributed by atoms with E-state index in [1.54, 1.807) is 0 Å². The number of hydrogen-bond donors (Lipinski definition) is 3. The number of hydrazine groups is 1. The van der Waals surface area contributed by atoms with Crippen molar-refractivity contribution in [3.63, 3.8) is 0 Å². The van der Waals surface area contributed by atoms with E-state index >= 15 is 0 Å². The van der Waals surface area contributed by atoms with E-state index in [2.05, 4.69) is 67.5 Å². The van der Waals surface area contributed by atoms with Crippen LogP contribution in [0.5, 0.6) is 0 Å². The van der Waals surface area contributed by atoms with Crippen molar-refractivity contribution < 1.29 is 0 Å². The van der Waals surface area contributed by atoms with Gasteiger partial charge in [0.25, 0.3) is 0 Å². The molecule has 1 aromatic carbocycles. The van der Waals surface area contributed by atoms with Crippen LogP contribution >= 0.6 is 15.9 Å². The van der Waals surface area contributed by atoms with Crippen molar-refractivity contribution in [3.05, 3.63) is 35.1 Å². The summed E-state index contributed by atoms with van der Waals surface area (Å²) in [4.78, 5) is 10.5. The quantitative estimate of drug-likeness (QED) is 0.548. The summed E-state index contributed by atoms with van der Waals surface area (Å²) in [6, 6.07) is 8.23. The van der Waals surface area contributed by atoms with Gasteiger partial charge in [-0.15, -0.1) is 0 Å². The van der Waals surface area contributed by atoms with Gasteiger partial charge in [0.1, 0.15) is 16.6 Å². The zero-order chi connectivity index (χ0) is 15.2. The summed E-state index contributed by atoms with van der Waals surface area (Å²) in [6.45, 7) is 6.28. The van der Waals surface area contributed by atoms with Gasteiger partial charge in [-0.05, 0) is 54.0 Å². The molecule has 0 aliphatic heterocycles. The van der Waals surface area contributed by atoms with Crippen molar-refractivity contribution >= 4 is 38.9 Å². The SMILES string of the molecule is CCN(CC)c1ccc(Nc2ncnc(NN)c2Br)cc1. The summed E-state index contributed by atoms with van der Waals surface area (Å²) in [5, 5.41) is 3.24. The number of anilines is 4. The summed E-state index contributed by atoms with van der Waals surface area (Å²) in [5.41, 5.74) is 4.67. The molecule has 7 heteroatoms. The molecule has 6 nitrogen and oxygen atoms in total. The monoisotopic (exact) mass is 350 g/mol. The minimum atomic E-state index is 0.535. The number of halogens is 1. The maximum absolute atomic E-state index is 5.39. The molecule has 112 valence electrons. The second kappa shape index (κ2) is 7.24.